The van der Waals surface area contributed by atoms with Gasteiger partial charge >= 0.3 is 0 Å². The summed E-state index contributed by atoms with van der Waals surface area (Å²) in [4.78, 5) is 13.2. The van der Waals surface area contributed by atoms with Crippen LogP contribution in [-0.4, -0.2) is 63.6 Å². The van der Waals surface area contributed by atoms with E-state index in [0.717, 1.165) is 64.0 Å². The Labute approximate surface area is 132 Å². The third kappa shape index (κ3) is 3.87. The van der Waals surface area contributed by atoms with Crippen LogP contribution in [0.3, 0.4) is 0 Å². The Morgan fingerprint density at radius 3 is 1.86 bits per heavy atom. The van der Waals surface area contributed by atoms with Crippen molar-refractivity contribution in [2.45, 2.75) is 12.8 Å². The van der Waals surface area contributed by atoms with Crippen molar-refractivity contribution < 1.29 is 9.47 Å². The largest absolute Gasteiger partial charge is 0.381 e. The highest BCUT2D eigenvalue weighted by Gasteiger charge is 2.20. The van der Waals surface area contributed by atoms with E-state index >= 15 is 0 Å². The number of aromatic nitrogens is 2. The molecule has 2 saturated heterocycles. The third-order valence-corrected chi connectivity index (χ3v) is 4.53. The maximum atomic E-state index is 5.45. The molecule has 1 aromatic heterocycles. The molecule has 0 aliphatic carbocycles. The van der Waals surface area contributed by atoms with E-state index in [9.17, 15) is 0 Å². The zero-order valence-electron chi connectivity index (χ0n) is 13.6. The van der Waals surface area contributed by atoms with Crippen molar-refractivity contribution in [3.8, 4) is 0 Å². The predicted molar refractivity (Wildman–Crippen MR) is 86.4 cm³/mol. The van der Waals surface area contributed by atoms with E-state index in [2.05, 4.69) is 39.9 Å². The molecule has 0 bridgehead atoms. The van der Waals surface area contributed by atoms with Gasteiger partial charge in [-0.15, -0.1) is 0 Å². The molecule has 0 unspecified atom stereocenters. The molecule has 22 heavy (non-hydrogen) atoms. The van der Waals surface area contributed by atoms with Crippen molar-refractivity contribution in [1.29, 1.82) is 0 Å². The van der Waals surface area contributed by atoms with E-state index in [-0.39, 0.29) is 0 Å². The van der Waals surface area contributed by atoms with Crippen LogP contribution in [0.5, 0.6) is 0 Å². The van der Waals surface area contributed by atoms with Gasteiger partial charge in [-0.2, -0.15) is 0 Å². The first-order chi connectivity index (χ1) is 10.7. The number of anilines is 2. The molecule has 0 radical (unpaired) electrons. The van der Waals surface area contributed by atoms with Crippen molar-refractivity contribution in [3.63, 3.8) is 0 Å². The van der Waals surface area contributed by atoms with Crippen LogP contribution in [0.2, 0.25) is 0 Å². The van der Waals surface area contributed by atoms with Gasteiger partial charge in [0.1, 0.15) is 18.0 Å². The fourth-order valence-electron chi connectivity index (χ4n) is 3.17. The number of hydrogen-bond donors (Lipinski definition) is 0. The molecule has 2 atom stereocenters. The van der Waals surface area contributed by atoms with Crippen LogP contribution in [0.4, 0.5) is 11.6 Å². The summed E-state index contributed by atoms with van der Waals surface area (Å²) in [6.45, 7) is 5.47. The summed E-state index contributed by atoms with van der Waals surface area (Å²) >= 11 is 0. The lowest BCUT2D eigenvalue weighted by Crippen LogP contribution is -2.28. The standard InChI is InChI=1S/C16H26N4O2/c1-19(8-13-3-5-21-10-13)15-7-16(18-12-17-15)20(2)9-14-4-6-22-11-14/h7,12-14H,3-6,8-11H2,1-2H3/t13-,14-/m1/s1. The van der Waals surface area contributed by atoms with Gasteiger partial charge < -0.3 is 19.3 Å². The summed E-state index contributed by atoms with van der Waals surface area (Å²) in [6, 6.07) is 2.08. The highest BCUT2D eigenvalue weighted by atomic mass is 16.5. The van der Waals surface area contributed by atoms with Crippen molar-refractivity contribution in [2.75, 3.05) is 63.4 Å². The molecule has 3 heterocycles. The van der Waals surface area contributed by atoms with Gasteiger partial charge in [0.2, 0.25) is 0 Å². The Morgan fingerprint density at radius 2 is 1.45 bits per heavy atom. The summed E-state index contributed by atoms with van der Waals surface area (Å²) in [5, 5.41) is 0. The summed E-state index contributed by atoms with van der Waals surface area (Å²) in [7, 11) is 4.19. The lowest BCUT2D eigenvalue weighted by molar-refractivity contribution is 0.186. The third-order valence-electron chi connectivity index (χ3n) is 4.53. The first-order valence-electron chi connectivity index (χ1n) is 8.12. The van der Waals surface area contributed by atoms with Gasteiger partial charge in [-0.3, -0.25) is 0 Å². The minimum Gasteiger partial charge on any atom is -0.381 e. The summed E-state index contributed by atoms with van der Waals surface area (Å²) in [5.74, 6) is 3.17. The normalized spacial score (nSPS) is 24.6. The maximum Gasteiger partial charge on any atom is 0.133 e. The number of rotatable bonds is 6. The smallest absolute Gasteiger partial charge is 0.133 e. The molecule has 2 aliphatic rings. The fraction of sp³-hybridized carbons (Fsp3) is 0.750. The van der Waals surface area contributed by atoms with Crippen LogP contribution in [-0.2, 0) is 9.47 Å². The monoisotopic (exact) mass is 306 g/mol. The second-order valence-electron chi connectivity index (χ2n) is 6.45. The molecular formula is C16H26N4O2. The Morgan fingerprint density at radius 1 is 0.955 bits per heavy atom. The second kappa shape index (κ2) is 7.24. The molecule has 6 nitrogen and oxygen atoms in total. The lowest BCUT2D eigenvalue weighted by Gasteiger charge is -2.24. The van der Waals surface area contributed by atoms with Gasteiger partial charge in [0.05, 0.1) is 13.2 Å². The van der Waals surface area contributed by atoms with Gasteiger partial charge in [0.15, 0.2) is 0 Å². The molecule has 2 fully saturated rings. The minimum atomic E-state index is 0.608. The number of nitrogens with zero attached hydrogens (tertiary/aromatic N) is 4. The van der Waals surface area contributed by atoms with E-state index in [1.165, 1.54) is 0 Å². The van der Waals surface area contributed by atoms with Crippen LogP contribution >= 0.6 is 0 Å². The van der Waals surface area contributed by atoms with Crippen LogP contribution in [0.15, 0.2) is 12.4 Å². The van der Waals surface area contributed by atoms with E-state index < -0.39 is 0 Å². The second-order valence-corrected chi connectivity index (χ2v) is 6.45. The Balaban J connectivity index is 1.60. The van der Waals surface area contributed by atoms with Crippen LogP contribution < -0.4 is 9.80 Å². The minimum absolute atomic E-state index is 0.608. The molecule has 6 heteroatoms. The highest BCUT2D eigenvalue weighted by molar-refractivity contribution is 5.49. The summed E-state index contributed by atoms with van der Waals surface area (Å²) in [6.07, 6.45) is 3.95. The zero-order valence-corrected chi connectivity index (χ0v) is 13.6. The predicted octanol–water partition coefficient (Wildman–Crippen LogP) is 1.42. The van der Waals surface area contributed by atoms with Crippen LogP contribution in [0.1, 0.15) is 12.8 Å². The van der Waals surface area contributed by atoms with E-state index in [4.69, 9.17) is 9.47 Å². The molecule has 122 valence electrons. The summed E-state index contributed by atoms with van der Waals surface area (Å²) < 4.78 is 10.9. The molecule has 2 aliphatic heterocycles. The lowest BCUT2D eigenvalue weighted by atomic mass is 10.1. The Kier molecular flexibility index (Phi) is 5.10. The average molecular weight is 306 g/mol. The first kappa shape index (κ1) is 15.5. The number of ether oxygens (including phenoxy) is 2. The van der Waals surface area contributed by atoms with Crippen molar-refractivity contribution >= 4 is 11.6 Å². The molecular weight excluding hydrogens is 280 g/mol. The Hall–Kier alpha value is -1.40. The van der Waals surface area contributed by atoms with Crippen molar-refractivity contribution in [3.05, 3.63) is 12.4 Å². The molecule has 0 N–H and O–H groups in total. The van der Waals surface area contributed by atoms with Gasteiger partial charge in [-0.05, 0) is 12.8 Å². The van der Waals surface area contributed by atoms with E-state index in [1.807, 2.05) is 0 Å². The molecule has 0 spiro atoms. The van der Waals surface area contributed by atoms with Crippen molar-refractivity contribution in [2.24, 2.45) is 11.8 Å². The number of hydrogen-bond acceptors (Lipinski definition) is 6. The zero-order chi connectivity index (χ0) is 15.4. The SMILES string of the molecule is CN(C[C@H]1CCOC1)c1cc(N(C)C[C@H]2CCOC2)ncn1. The fourth-order valence-corrected chi connectivity index (χ4v) is 3.17. The summed E-state index contributed by atoms with van der Waals surface area (Å²) in [5.41, 5.74) is 0. The van der Waals surface area contributed by atoms with Gasteiger partial charge in [-0.25, -0.2) is 9.97 Å². The van der Waals surface area contributed by atoms with E-state index in [0.29, 0.717) is 11.8 Å². The van der Waals surface area contributed by atoms with Gasteiger partial charge in [0, 0.05) is 58.3 Å². The average Bonchev–Trinajstić information content (AvgIpc) is 3.21. The molecule has 0 amide bonds. The quantitative estimate of drug-likeness (QED) is 0.792. The van der Waals surface area contributed by atoms with Crippen LogP contribution in [0, 0.1) is 11.8 Å². The van der Waals surface area contributed by atoms with Crippen LogP contribution in [0.25, 0.3) is 0 Å². The van der Waals surface area contributed by atoms with Gasteiger partial charge in [0.25, 0.3) is 0 Å². The molecule has 0 aromatic carbocycles. The van der Waals surface area contributed by atoms with E-state index in [1.54, 1.807) is 6.33 Å². The highest BCUT2D eigenvalue weighted by Crippen LogP contribution is 2.21. The maximum absolute atomic E-state index is 5.45. The first-order valence-corrected chi connectivity index (χ1v) is 8.12. The Bertz CT molecular complexity index is 434. The molecule has 1 aromatic rings. The molecule has 0 saturated carbocycles. The van der Waals surface area contributed by atoms with Crippen molar-refractivity contribution in [1.82, 2.24) is 9.97 Å². The van der Waals surface area contributed by atoms with Gasteiger partial charge in [-0.1, -0.05) is 0 Å². The molecule has 3 rings (SSSR count). The topological polar surface area (TPSA) is 50.7 Å².